The van der Waals surface area contributed by atoms with E-state index in [-0.39, 0.29) is 17.5 Å². The molecule has 0 radical (unpaired) electrons. The number of hydrogen-bond donors (Lipinski definition) is 2. The van der Waals surface area contributed by atoms with Gasteiger partial charge in [-0.05, 0) is 62.2 Å². The smallest absolute Gasteiger partial charge is 0.355 e. The molecular weight excluding hydrogens is 506 g/mol. The van der Waals surface area contributed by atoms with Crippen LogP contribution in [0.4, 0.5) is 11.6 Å². The Balaban J connectivity index is 1.59. The van der Waals surface area contributed by atoms with Crippen molar-refractivity contribution in [3.05, 3.63) is 101 Å². The van der Waals surface area contributed by atoms with Crippen molar-refractivity contribution < 1.29 is 22.7 Å². The monoisotopic (exact) mass is 533 g/mol. The Bertz CT molecular complexity index is 1550. The molecule has 0 fully saturated rings. The van der Waals surface area contributed by atoms with E-state index in [1.165, 1.54) is 36.7 Å². The van der Waals surface area contributed by atoms with Gasteiger partial charge in [0.25, 0.3) is 15.9 Å². The molecule has 2 aromatic heterocycles. The fourth-order valence-corrected chi connectivity index (χ4v) is 5.06. The van der Waals surface area contributed by atoms with E-state index in [4.69, 9.17) is 4.74 Å². The van der Waals surface area contributed by atoms with Crippen LogP contribution < -0.4 is 10.0 Å². The Labute approximate surface area is 220 Å². The van der Waals surface area contributed by atoms with Crippen LogP contribution in [0.5, 0.6) is 0 Å². The first-order valence-corrected chi connectivity index (χ1v) is 13.3. The van der Waals surface area contributed by atoms with Crippen LogP contribution >= 0.6 is 0 Å². The molecule has 2 heterocycles. The van der Waals surface area contributed by atoms with Crippen LogP contribution in [0.3, 0.4) is 0 Å². The fourth-order valence-electron chi connectivity index (χ4n) is 4.10. The number of nitrogens with zero attached hydrogens (tertiary/aromatic N) is 3. The zero-order valence-electron chi connectivity index (χ0n) is 21.1. The number of hydrogen-bond acceptors (Lipinski definition) is 7. The van der Waals surface area contributed by atoms with Crippen LogP contribution in [-0.2, 0) is 21.3 Å². The quantitative estimate of drug-likeness (QED) is 0.309. The minimum Gasteiger partial charge on any atom is -0.461 e. The van der Waals surface area contributed by atoms with Gasteiger partial charge in [-0.1, -0.05) is 30.3 Å². The summed E-state index contributed by atoms with van der Waals surface area (Å²) < 4.78 is 34.6. The van der Waals surface area contributed by atoms with Crippen LogP contribution in [-0.4, -0.2) is 41.4 Å². The number of sulfonamides is 1. The third-order valence-corrected chi connectivity index (χ3v) is 7.20. The second kappa shape index (κ2) is 11.3. The fraction of sp³-hybridized carbons (Fsp3) is 0.185. The van der Waals surface area contributed by atoms with Gasteiger partial charge < -0.3 is 14.6 Å². The molecule has 4 rings (SSSR count). The van der Waals surface area contributed by atoms with Gasteiger partial charge in [0.2, 0.25) is 5.95 Å². The van der Waals surface area contributed by atoms with Crippen molar-refractivity contribution >= 4 is 33.5 Å². The Morgan fingerprint density at radius 1 is 0.947 bits per heavy atom. The Hall–Kier alpha value is -4.51. The van der Waals surface area contributed by atoms with Gasteiger partial charge in [0.15, 0.2) is 0 Å². The molecule has 0 saturated carbocycles. The molecule has 0 aliphatic heterocycles. The molecule has 1 amide bonds. The third kappa shape index (κ3) is 5.73. The number of anilines is 2. The molecule has 0 unspecified atom stereocenters. The zero-order chi connectivity index (χ0) is 27.3. The molecule has 38 heavy (non-hydrogen) atoms. The minimum atomic E-state index is -3.91. The summed E-state index contributed by atoms with van der Waals surface area (Å²) in [5.41, 5.74) is 3.13. The first kappa shape index (κ1) is 26.6. The van der Waals surface area contributed by atoms with Crippen molar-refractivity contribution in [1.29, 1.82) is 0 Å². The van der Waals surface area contributed by atoms with Gasteiger partial charge in [-0.15, -0.1) is 0 Å². The van der Waals surface area contributed by atoms with Gasteiger partial charge in [-0.2, -0.15) is 0 Å². The summed E-state index contributed by atoms with van der Waals surface area (Å²) in [6, 6.07) is 16.9. The van der Waals surface area contributed by atoms with Gasteiger partial charge in [-0.25, -0.2) is 27.9 Å². The predicted molar refractivity (Wildman–Crippen MR) is 143 cm³/mol. The van der Waals surface area contributed by atoms with Crippen LogP contribution in [0.15, 0.2) is 78.0 Å². The average molecular weight is 534 g/mol. The standard InChI is InChI=1S/C27H27N5O5S/c1-4-37-26(34)24-18(2)23(19(3)32(24)17-20-9-6-5-7-10-20)25(33)30-21-11-13-22(14-12-21)38(35,36)31-27-28-15-8-16-29-27/h5-16H,4,17H2,1-3H3,(H,30,33)(H,28,29,31). The first-order valence-electron chi connectivity index (χ1n) is 11.8. The number of amides is 1. The predicted octanol–water partition coefficient (Wildman–Crippen LogP) is 4.17. The van der Waals surface area contributed by atoms with E-state index >= 15 is 0 Å². The number of carbonyl (C=O) groups is 2. The molecule has 2 aromatic carbocycles. The zero-order valence-corrected chi connectivity index (χ0v) is 22.0. The SMILES string of the molecule is CCOC(=O)c1c(C)c(C(=O)Nc2ccc(S(=O)(=O)Nc3ncccn3)cc2)c(C)n1Cc1ccccc1. The topological polar surface area (TPSA) is 132 Å². The first-order chi connectivity index (χ1) is 18.2. The van der Waals surface area contributed by atoms with E-state index in [9.17, 15) is 18.0 Å². The van der Waals surface area contributed by atoms with Gasteiger partial charge in [0.1, 0.15) is 5.69 Å². The van der Waals surface area contributed by atoms with E-state index in [0.29, 0.717) is 34.7 Å². The van der Waals surface area contributed by atoms with Gasteiger partial charge in [0.05, 0.1) is 17.1 Å². The van der Waals surface area contributed by atoms with Crippen molar-refractivity contribution in [2.24, 2.45) is 0 Å². The van der Waals surface area contributed by atoms with Crippen molar-refractivity contribution in [2.75, 3.05) is 16.6 Å². The molecule has 0 atom stereocenters. The molecule has 0 spiro atoms. The van der Waals surface area contributed by atoms with Crippen LogP contribution in [0.2, 0.25) is 0 Å². The van der Waals surface area contributed by atoms with Crippen molar-refractivity contribution in [2.45, 2.75) is 32.2 Å². The molecule has 11 heteroatoms. The van der Waals surface area contributed by atoms with Crippen molar-refractivity contribution in [3.63, 3.8) is 0 Å². The molecule has 10 nitrogen and oxygen atoms in total. The molecule has 4 aromatic rings. The highest BCUT2D eigenvalue weighted by Crippen LogP contribution is 2.26. The number of rotatable bonds is 9. The maximum absolute atomic E-state index is 13.4. The summed E-state index contributed by atoms with van der Waals surface area (Å²) in [6.07, 6.45) is 2.85. The van der Waals surface area contributed by atoms with E-state index in [0.717, 1.165) is 5.56 Å². The second-order valence-electron chi connectivity index (χ2n) is 8.38. The molecular formula is C27H27N5O5S. The number of aromatic nitrogens is 3. The molecule has 196 valence electrons. The number of esters is 1. The average Bonchev–Trinajstić information content (AvgIpc) is 3.14. The van der Waals surface area contributed by atoms with Crippen LogP contribution in [0, 0.1) is 13.8 Å². The molecule has 0 aliphatic carbocycles. The summed E-state index contributed by atoms with van der Waals surface area (Å²) in [7, 11) is -3.91. The van der Waals surface area contributed by atoms with Crippen molar-refractivity contribution in [1.82, 2.24) is 14.5 Å². The summed E-state index contributed by atoms with van der Waals surface area (Å²) >= 11 is 0. The van der Waals surface area contributed by atoms with E-state index < -0.39 is 21.9 Å². The van der Waals surface area contributed by atoms with Crippen LogP contribution in [0.25, 0.3) is 0 Å². The highest BCUT2D eigenvalue weighted by Gasteiger charge is 2.27. The van der Waals surface area contributed by atoms with Gasteiger partial charge in [-0.3, -0.25) is 4.79 Å². The lowest BCUT2D eigenvalue weighted by molar-refractivity contribution is 0.0513. The van der Waals surface area contributed by atoms with Gasteiger partial charge >= 0.3 is 5.97 Å². The normalized spacial score (nSPS) is 11.1. The summed E-state index contributed by atoms with van der Waals surface area (Å²) in [4.78, 5) is 33.9. The van der Waals surface area contributed by atoms with Crippen LogP contribution in [0.1, 0.15) is 44.6 Å². The minimum absolute atomic E-state index is 0.0195. The number of carbonyl (C=O) groups excluding carboxylic acids is 2. The Kier molecular flexibility index (Phi) is 7.87. The molecule has 2 N–H and O–H groups in total. The lowest BCUT2D eigenvalue weighted by Gasteiger charge is -2.12. The third-order valence-electron chi connectivity index (χ3n) is 5.86. The number of benzene rings is 2. The van der Waals surface area contributed by atoms with Crippen molar-refractivity contribution in [3.8, 4) is 0 Å². The second-order valence-corrected chi connectivity index (χ2v) is 10.1. The molecule has 0 bridgehead atoms. The lowest BCUT2D eigenvalue weighted by Crippen LogP contribution is -2.16. The largest absolute Gasteiger partial charge is 0.461 e. The highest BCUT2D eigenvalue weighted by molar-refractivity contribution is 7.92. The summed E-state index contributed by atoms with van der Waals surface area (Å²) in [6.45, 7) is 5.81. The lowest BCUT2D eigenvalue weighted by atomic mass is 10.1. The summed E-state index contributed by atoms with van der Waals surface area (Å²) in [5.74, 6) is -0.982. The van der Waals surface area contributed by atoms with E-state index in [2.05, 4.69) is 20.0 Å². The van der Waals surface area contributed by atoms with E-state index in [1.54, 1.807) is 31.4 Å². The molecule has 0 aliphatic rings. The Morgan fingerprint density at radius 3 is 2.24 bits per heavy atom. The summed E-state index contributed by atoms with van der Waals surface area (Å²) in [5, 5.41) is 2.80. The van der Waals surface area contributed by atoms with Gasteiger partial charge in [0, 0.05) is 30.3 Å². The Morgan fingerprint density at radius 2 is 1.61 bits per heavy atom. The van der Waals surface area contributed by atoms with E-state index in [1.807, 2.05) is 30.3 Å². The number of ether oxygens (including phenoxy) is 1. The highest BCUT2D eigenvalue weighted by atomic mass is 32.2. The molecule has 0 saturated heterocycles. The maximum Gasteiger partial charge on any atom is 0.355 e. The number of nitrogens with one attached hydrogen (secondary N) is 2. The maximum atomic E-state index is 13.4.